The monoisotopic (exact) mass is 621 g/mol. The Balaban J connectivity index is 2.17. The number of aryl methyl sites for hydroxylation is 1. The number of alkyl halides is 7. The highest BCUT2D eigenvalue weighted by Gasteiger charge is 2.58. The Hall–Kier alpha value is -3.46. The lowest BCUT2D eigenvalue weighted by atomic mass is 9.90. The molecule has 0 aliphatic heterocycles. The SMILES string of the molecule is C/C=C(\C=C/[NH2+]O)CC(c1ccc(OC(F)F)c(OC(F)F)c1)c1cnc(C(O)(c2ccc(CC)cc2)C(F)(F)F)s1. The molecule has 0 aliphatic carbocycles. The first kappa shape index (κ1) is 33.0. The van der Waals surface area contributed by atoms with E-state index in [2.05, 4.69) is 14.5 Å². The number of allylic oxidation sites excluding steroid dienone is 3. The summed E-state index contributed by atoms with van der Waals surface area (Å²) in [4.78, 5) is 4.13. The third-order valence-electron chi connectivity index (χ3n) is 6.38. The van der Waals surface area contributed by atoms with Gasteiger partial charge in [0.1, 0.15) is 11.2 Å². The summed E-state index contributed by atoms with van der Waals surface area (Å²) in [6.07, 6.45) is 1.07. The van der Waals surface area contributed by atoms with Crippen molar-refractivity contribution in [1.82, 2.24) is 4.98 Å². The quantitative estimate of drug-likeness (QED) is 0.113. The van der Waals surface area contributed by atoms with Gasteiger partial charge < -0.3 is 14.6 Å². The fourth-order valence-corrected chi connectivity index (χ4v) is 5.37. The molecule has 3 aromatic rings. The van der Waals surface area contributed by atoms with Crippen molar-refractivity contribution >= 4 is 11.3 Å². The maximum atomic E-state index is 14.4. The molecule has 0 amide bonds. The minimum Gasteiger partial charge on any atom is -0.431 e. The topological polar surface area (TPSA) is 88.4 Å². The van der Waals surface area contributed by atoms with Gasteiger partial charge in [0.05, 0.1) is 0 Å². The highest BCUT2D eigenvalue weighted by atomic mass is 32.1. The van der Waals surface area contributed by atoms with Gasteiger partial charge in [-0.3, -0.25) is 0 Å². The van der Waals surface area contributed by atoms with Crippen LogP contribution < -0.4 is 15.0 Å². The van der Waals surface area contributed by atoms with Crippen LogP contribution in [0, 0.1) is 0 Å². The number of halogens is 7. The van der Waals surface area contributed by atoms with Crippen LogP contribution in [-0.2, 0) is 12.0 Å². The van der Waals surface area contributed by atoms with Crippen LogP contribution in [-0.4, -0.2) is 34.7 Å². The van der Waals surface area contributed by atoms with Crippen molar-refractivity contribution in [2.75, 3.05) is 0 Å². The number of aromatic nitrogens is 1. The van der Waals surface area contributed by atoms with E-state index in [-0.39, 0.29) is 16.9 Å². The standard InChI is InChI=1S/C28H27F7N2O4S/c1-3-16-5-8-19(9-6-16)27(38,28(33,34)35)24-36-15-23(42-24)20(13-17(4-2)11-12-37-39)18-7-10-21(40-25(29)30)22(14-18)41-26(31)32/h4-12,14-15,20,25-26,37-39H,3,13H2,1-2H3/p+1/b12-11-,17-4+. The van der Waals surface area contributed by atoms with Gasteiger partial charge in [0.2, 0.25) is 5.60 Å². The minimum absolute atomic E-state index is 0.0568. The van der Waals surface area contributed by atoms with Crippen LogP contribution in [0.1, 0.15) is 52.8 Å². The zero-order chi connectivity index (χ0) is 31.1. The maximum Gasteiger partial charge on any atom is 0.428 e. The van der Waals surface area contributed by atoms with Crippen LogP contribution in [0.3, 0.4) is 0 Å². The summed E-state index contributed by atoms with van der Waals surface area (Å²) in [7, 11) is 0. The number of hydrogen-bond donors (Lipinski definition) is 3. The molecule has 6 nitrogen and oxygen atoms in total. The fourth-order valence-electron chi connectivity index (χ4n) is 4.19. The Bertz CT molecular complexity index is 1380. The molecule has 2 unspecified atom stereocenters. The molecule has 0 spiro atoms. The van der Waals surface area contributed by atoms with Crippen molar-refractivity contribution in [2.24, 2.45) is 0 Å². The predicted molar refractivity (Wildman–Crippen MR) is 140 cm³/mol. The maximum absolute atomic E-state index is 14.4. The Kier molecular flexibility index (Phi) is 11.1. The number of hydroxylamine groups is 1. The Morgan fingerprint density at radius 2 is 1.67 bits per heavy atom. The Morgan fingerprint density at radius 1 is 1.02 bits per heavy atom. The first-order chi connectivity index (χ1) is 19.8. The molecule has 2 aromatic carbocycles. The van der Waals surface area contributed by atoms with Crippen LogP contribution in [0.4, 0.5) is 30.7 Å². The number of thiazole rings is 1. The van der Waals surface area contributed by atoms with E-state index < -0.39 is 53.0 Å². The van der Waals surface area contributed by atoms with E-state index in [1.54, 1.807) is 13.0 Å². The second-order valence-electron chi connectivity index (χ2n) is 8.92. The summed E-state index contributed by atoms with van der Waals surface area (Å²) in [5.41, 5.74) is -1.60. The molecule has 0 aliphatic rings. The molecule has 0 fully saturated rings. The van der Waals surface area contributed by atoms with E-state index in [0.29, 0.717) is 23.3 Å². The van der Waals surface area contributed by atoms with E-state index in [4.69, 9.17) is 5.21 Å². The van der Waals surface area contributed by atoms with Gasteiger partial charge in [-0.15, -0.1) is 11.3 Å². The van der Waals surface area contributed by atoms with Crippen molar-refractivity contribution in [1.29, 1.82) is 0 Å². The second-order valence-corrected chi connectivity index (χ2v) is 9.98. The molecule has 1 heterocycles. The minimum atomic E-state index is -5.16. The lowest BCUT2D eigenvalue weighted by molar-refractivity contribution is -0.838. The van der Waals surface area contributed by atoms with Crippen molar-refractivity contribution in [3.63, 3.8) is 0 Å². The second kappa shape index (κ2) is 14.1. The summed E-state index contributed by atoms with van der Waals surface area (Å²) >= 11 is 0.556. The van der Waals surface area contributed by atoms with Crippen LogP contribution in [0.5, 0.6) is 11.5 Å². The Labute approximate surface area is 240 Å². The number of ether oxygens (including phenoxy) is 2. The van der Waals surface area contributed by atoms with Crippen LogP contribution in [0.15, 0.2) is 72.6 Å². The number of quaternary nitrogens is 1. The summed E-state index contributed by atoms with van der Waals surface area (Å²) in [6, 6.07) is 8.60. The van der Waals surface area contributed by atoms with Crippen LogP contribution in [0.25, 0.3) is 0 Å². The molecule has 0 saturated carbocycles. The molecule has 0 radical (unpaired) electrons. The molecule has 0 bridgehead atoms. The molecule has 228 valence electrons. The Morgan fingerprint density at radius 3 is 2.21 bits per heavy atom. The van der Waals surface area contributed by atoms with Crippen molar-refractivity contribution in [3.05, 3.63) is 99.2 Å². The van der Waals surface area contributed by atoms with Crippen LogP contribution in [0.2, 0.25) is 0 Å². The molecule has 14 heteroatoms. The first-order valence-electron chi connectivity index (χ1n) is 12.5. The molecule has 4 N–H and O–H groups in total. The fraction of sp³-hybridized carbons (Fsp3) is 0.321. The molecule has 0 saturated heterocycles. The number of benzene rings is 2. The number of nitrogens with two attached hydrogens (primary N) is 1. The normalized spacial score (nSPS) is 14.9. The van der Waals surface area contributed by atoms with Gasteiger partial charge in [-0.25, -0.2) is 10.2 Å². The van der Waals surface area contributed by atoms with Crippen molar-refractivity contribution in [2.45, 2.75) is 57.6 Å². The van der Waals surface area contributed by atoms with E-state index >= 15 is 0 Å². The molecule has 2 atom stereocenters. The summed E-state index contributed by atoms with van der Waals surface area (Å²) < 4.78 is 104. The van der Waals surface area contributed by atoms with Gasteiger partial charge in [-0.1, -0.05) is 43.3 Å². The number of hydrogen-bond acceptors (Lipinski definition) is 6. The largest absolute Gasteiger partial charge is 0.431 e. The number of rotatable bonds is 13. The van der Waals surface area contributed by atoms with Crippen molar-refractivity contribution < 1.29 is 56.0 Å². The smallest absolute Gasteiger partial charge is 0.428 e. The summed E-state index contributed by atoms with van der Waals surface area (Å²) in [5.74, 6) is -2.24. The highest BCUT2D eigenvalue weighted by Crippen LogP contribution is 2.48. The lowest BCUT2D eigenvalue weighted by Crippen LogP contribution is -2.73. The summed E-state index contributed by atoms with van der Waals surface area (Å²) in [6.45, 7) is -3.23. The predicted octanol–water partition coefficient (Wildman–Crippen LogP) is 6.64. The molecule has 3 rings (SSSR count). The average molecular weight is 622 g/mol. The van der Waals surface area contributed by atoms with Crippen molar-refractivity contribution in [3.8, 4) is 11.5 Å². The highest BCUT2D eigenvalue weighted by molar-refractivity contribution is 7.11. The average Bonchev–Trinajstić information content (AvgIpc) is 3.43. The molecule has 1 aromatic heterocycles. The first-order valence-corrected chi connectivity index (χ1v) is 13.3. The van der Waals surface area contributed by atoms with Gasteiger partial charge >= 0.3 is 19.4 Å². The van der Waals surface area contributed by atoms with E-state index in [1.165, 1.54) is 42.6 Å². The molecular formula is C28H28F7N2O4S+. The molecular weight excluding hydrogens is 593 g/mol. The number of nitrogens with zero attached hydrogens (tertiary/aromatic N) is 1. The zero-order valence-corrected chi connectivity index (χ0v) is 23.1. The van der Waals surface area contributed by atoms with Gasteiger partial charge in [0, 0.05) is 17.0 Å². The van der Waals surface area contributed by atoms with E-state index in [9.17, 15) is 35.8 Å². The zero-order valence-electron chi connectivity index (χ0n) is 22.3. The third-order valence-corrected chi connectivity index (χ3v) is 7.60. The van der Waals surface area contributed by atoms with Gasteiger partial charge in [0.15, 0.2) is 11.5 Å². The lowest BCUT2D eigenvalue weighted by Gasteiger charge is -2.29. The van der Waals surface area contributed by atoms with Gasteiger partial charge in [-0.05, 0) is 60.2 Å². The van der Waals surface area contributed by atoms with E-state index in [0.717, 1.165) is 29.4 Å². The van der Waals surface area contributed by atoms with Gasteiger partial charge in [-0.2, -0.15) is 36.2 Å². The third kappa shape index (κ3) is 7.68. The molecule has 42 heavy (non-hydrogen) atoms. The summed E-state index contributed by atoms with van der Waals surface area (Å²) in [5, 5.41) is 19.5. The van der Waals surface area contributed by atoms with Gasteiger partial charge in [0.25, 0.3) is 0 Å². The number of aliphatic hydroxyl groups is 1. The van der Waals surface area contributed by atoms with Crippen LogP contribution >= 0.6 is 11.3 Å². The van der Waals surface area contributed by atoms with E-state index in [1.807, 2.05) is 6.92 Å².